The summed E-state index contributed by atoms with van der Waals surface area (Å²) in [6, 6.07) is 13.1. The highest BCUT2D eigenvalue weighted by atomic mass is 32.1. The summed E-state index contributed by atoms with van der Waals surface area (Å²) in [5.74, 6) is -0.879. The Morgan fingerprint density at radius 2 is 1.79 bits per heavy atom. The molecule has 0 radical (unpaired) electrons. The highest BCUT2D eigenvalue weighted by Crippen LogP contribution is 2.47. The molecule has 0 N–H and O–H groups in total. The number of anilines is 1. The first kappa shape index (κ1) is 15.4. The van der Waals surface area contributed by atoms with Gasteiger partial charge in [0.2, 0.25) is 5.91 Å². The zero-order chi connectivity index (χ0) is 16.8. The Morgan fingerprint density at radius 3 is 2.42 bits per heavy atom. The molecule has 1 aromatic heterocycles. The summed E-state index contributed by atoms with van der Waals surface area (Å²) in [4.78, 5) is 34.0. The molecule has 5 nitrogen and oxygen atoms in total. The predicted octanol–water partition coefficient (Wildman–Crippen LogP) is 3.00. The maximum atomic E-state index is 12.9. The van der Waals surface area contributed by atoms with Crippen molar-refractivity contribution in [3.8, 4) is 0 Å². The van der Waals surface area contributed by atoms with Gasteiger partial charge in [0.25, 0.3) is 5.91 Å². The van der Waals surface area contributed by atoms with E-state index in [4.69, 9.17) is 4.84 Å². The van der Waals surface area contributed by atoms with Crippen molar-refractivity contribution >= 4 is 28.8 Å². The van der Waals surface area contributed by atoms with E-state index in [-0.39, 0.29) is 23.9 Å². The van der Waals surface area contributed by atoms with E-state index < -0.39 is 12.0 Å². The van der Waals surface area contributed by atoms with Crippen molar-refractivity contribution in [2.45, 2.75) is 32.0 Å². The number of thiophene rings is 1. The lowest BCUT2D eigenvalue weighted by atomic mass is 9.95. The number of rotatable bonds is 3. The van der Waals surface area contributed by atoms with Gasteiger partial charge in [-0.05, 0) is 37.4 Å². The first-order chi connectivity index (χ1) is 11.6. The zero-order valence-electron chi connectivity index (χ0n) is 13.5. The van der Waals surface area contributed by atoms with E-state index in [0.29, 0.717) is 0 Å². The van der Waals surface area contributed by atoms with Gasteiger partial charge in [0, 0.05) is 10.9 Å². The molecule has 2 aliphatic heterocycles. The highest BCUT2D eigenvalue weighted by Gasteiger charge is 2.60. The molecule has 3 atom stereocenters. The molecule has 124 valence electrons. The van der Waals surface area contributed by atoms with Gasteiger partial charge in [0.15, 0.2) is 6.10 Å². The standard InChI is InChI=1S/C18H18N2O3S/c1-11(2)19-17(21)14-15(13-9-6-10-24-13)20(23-16(14)18(19)22)12-7-4-3-5-8-12/h3-11,14-16H,1-2H3/t14-,15+,16+/m0/s1. The fourth-order valence-electron chi connectivity index (χ4n) is 3.49. The quantitative estimate of drug-likeness (QED) is 0.805. The molecule has 0 bridgehead atoms. The third-order valence-corrected chi connectivity index (χ3v) is 5.45. The minimum Gasteiger partial charge on any atom is -0.277 e. The molecule has 2 saturated heterocycles. The fraction of sp³-hybridized carbons (Fsp3) is 0.333. The van der Waals surface area contributed by atoms with Crippen molar-refractivity contribution in [2.75, 3.05) is 5.06 Å². The molecule has 2 aromatic rings. The summed E-state index contributed by atoms with van der Waals surface area (Å²) in [5.41, 5.74) is 0.849. The van der Waals surface area contributed by atoms with Gasteiger partial charge in [0.1, 0.15) is 12.0 Å². The number of amides is 2. The van der Waals surface area contributed by atoms with E-state index in [9.17, 15) is 9.59 Å². The van der Waals surface area contributed by atoms with Crippen molar-refractivity contribution < 1.29 is 14.4 Å². The Hall–Kier alpha value is -2.18. The number of hydroxylamine groups is 1. The maximum Gasteiger partial charge on any atom is 0.262 e. The predicted molar refractivity (Wildman–Crippen MR) is 91.3 cm³/mol. The lowest BCUT2D eigenvalue weighted by Gasteiger charge is -2.28. The number of fused-ring (bicyclic) bond motifs is 1. The molecule has 0 aliphatic carbocycles. The van der Waals surface area contributed by atoms with Crippen LogP contribution in [-0.2, 0) is 14.4 Å². The maximum absolute atomic E-state index is 12.9. The second-order valence-corrected chi connectivity index (χ2v) is 7.29. The summed E-state index contributed by atoms with van der Waals surface area (Å²) >= 11 is 1.58. The number of likely N-dealkylation sites (tertiary alicyclic amines) is 1. The van der Waals surface area contributed by atoms with Crippen LogP contribution >= 0.6 is 11.3 Å². The summed E-state index contributed by atoms with van der Waals surface area (Å²) < 4.78 is 0. The van der Waals surface area contributed by atoms with E-state index in [1.807, 2.05) is 61.7 Å². The van der Waals surface area contributed by atoms with Gasteiger partial charge in [0.05, 0.1) is 5.69 Å². The Bertz CT molecular complexity index is 760. The first-order valence-corrected chi connectivity index (χ1v) is 8.89. The minimum atomic E-state index is -0.743. The Balaban J connectivity index is 1.78. The van der Waals surface area contributed by atoms with Crippen LogP contribution in [0.25, 0.3) is 0 Å². The van der Waals surface area contributed by atoms with Gasteiger partial charge in [-0.25, -0.2) is 5.06 Å². The molecule has 0 unspecified atom stereocenters. The molecule has 2 fully saturated rings. The van der Waals surface area contributed by atoms with Crippen molar-refractivity contribution in [2.24, 2.45) is 5.92 Å². The Kier molecular flexibility index (Phi) is 3.66. The molecule has 0 spiro atoms. The number of imide groups is 1. The summed E-state index contributed by atoms with van der Waals surface area (Å²) in [6.07, 6.45) is -0.743. The zero-order valence-corrected chi connectivity index (χ0v) is 14.3. The van der Waals surface area contributed by atoms with Crippen LogP contribution in [0.4, 0.5) is 5.69 Å². The summed E-state index contributed by atoms with van der Waals surface area (Å²) in [7, 11) is 0. The van der Waals surface area contributed by atoms with Crippen LogP contribution < -0.4 is 5.06 Å². The summed E-state index contributed by atoms with van der Waals surface area (Å²) in [5, 5.41) is 3.71. The monoisotopic (exact) mass is 342 g/mol. The summed E-state index contributed by atoms with van der Waals surface area (Å²) in [6.45, 7) is 3.71. The van der Waals surface area contributed by atoms with E-state index >= 15 is 0 Å². The number of nitrogens with zero attached hydrogens (tertiary/aromatic N) is 2. The second-order valence-electron chi connectivity index (χ2n) is 6.31. The molecule has 3 heterocycles. The van der Waals surface area contributed by atoms with Crippen molar-refractivity contribution in [1.29, 1.82) is 0 Å². The third kappa shape index (κ3) is 2.17. The molecular formula is C18H18N2O3S. The first-order valence-electron chi connectivity index (χ1n) is 8.01. The van der Waals surface area contributed by atoms with Crippen LogP contribution in [0, 0.1) is 5.92 Å². The molecule has 2 aliphatic rings. The van der Waals surface area contributed by atoms with Gasteiger partial charge in [-0.3, -0.25) is 19.3 Å². The number of hydrogen-bond acceptors (Lipinski definition) is 5. The van der Waals surface area contributed by atoms with Crippen LogP contribution in [0.3, 0.4) is 0 Å². The normalized spacial score (nSPS) is 26.5. The topological polar surface area (TPSA) is 49.9 Å². The number of hydrogen-bond donors (Lipinski definition) is 0. The molecule has 2 amide bonds. The average molecular weight is 342 g/mol. The molecule has 6 heteroatoms. The van der Waals surface area contributed by atoms with E-state index in [0.717, 1.165) is 10.6 Å². The second kappa shape index (κ2) is 5.72. The number of para-hydroxylation sites is 1. The van der Waals surface area contributed by atoms with Gasteiger partial charge < -0.3 is 0 Å². The van der Waals surface area contributed by atoms with Crippen LogP contribution in [-0.4, -0.2) is 28.9 Å². The van der Waals surface area contributed by atoms with E-state index in [2.05, 4.69) is 0 Å². The molecular weight excluding hydrogens is 324 g/mol. The smallest absolute Gasteiger partial charge is 0.262 e. The van der Waals surface area contributed by atoms with Crippen LogP contribution in [0.5, 0.6) is 0 Å². The van der Waals surface area contributed by atoms with Gasteiger partial charge >= 0.3 is 0 Å². The Labute approximate surface area is 144 Å². The highest BCUT2D eigenvalue weighted by molar-refractivity contribution is 7.10. The van der Waals surface area contributed by atoms with Crippen LogP contribution in [0.2, 0.25) is 0 Å². The van der Waals surface area contributed by atoms with Gasteiger partial charge in [-0.1, -0.05) is 24.3 Å². The third-order valence-electron chi connectivity index (χ3n) is 4.51. The number of carbonyl (C=O) groups excluding carboxylic acids is 2. The van der Waals surface area contributed by atoms with Gasteiger partial charge in [-0.2, -0.15) is 0 Å². The number of benzene rings is 1. The largest absolute Gasteiger partial charge is 0.277 e. The molecule has 4 rings (SSSR count). The lowest BCUT2D eigenvalue weighted by molar-refractivity contribution is -0.145. The fourth-order valence-corrected chi connectivity index (χ4v) is 4.35. The van der Waals surface area contributed by atoms with Crippen molar-refractivity contribution in [3.05, 3.63) is 52.7 Å². The minimum absolute atomic E-state index is 0.142. The SMILES string of the molecule is CC(C)N1C(=O)[C@H]2[C@@H](c3cccs3)N(c3ccccc3)O[C@H]2C1=O. The van der Waals surface area contributed by atoms with Crippen molar-refractivity contribution in [1.82, 2.24) is 4.90 Å². The molecule has 1 aromatic carbocycles. The van der Waals surface area contributed by atoms with E-state index in [1.165, 1.54) is 4.90 Å². The Morgan fingerprint density at radius 1 is 1.04 bits per heavy atom. The van der Waals surface area contributed by atoms with Gasteiger partial charge in [-0.15, -0.1) is 11.3 Å². The number of carbonyl (C=O) groups is 2. The molecule has 24 heavy (non-hydrogen) atoms. The van der Waals surface area contributed by atoms with Crippen LogP contribution in [0.1, 0.15) is 24.8 Å². The molecule has 0 saturated carbocycles. The van der Waals surface area contributed by atoms with E-state index in [1.54, 1.807) is 16.4 Å². The van der Waals surface area contributed by atoms with Crippen LogP contribution in [0.15, 0.2) is 47.8 Å². The van der Waals surface area contributed by atoms with Crippen molar-refractivity contribution in [3.63, 3.8) is 0 Å². The average Bonchev–Trinajstić information content (AvgIpc) is 3.26. The lowest BCUT2D eigenvalue weighted by Crippen LogP contribution is -2.41.